The summed E-state index contributed by atoms with van der Waals surface area (Å²) in [5.41, 5.74) is 2.21. The fourth-order valence-electron chi connectivity index (χ4n) is 1.75. The Morgan fingerprint density at radius 2 is 2.21 bits per heavy atom. The molecule has 1 aromatic rings. The molecule has 14 heavy (non-hydrogen) atoms. The van der Waals surface area contributed by atoms with Crippen LogP contribution < -0.4 is 5.32 Å². The summed E-state index contributed by atoms with van der Waals surface area (Å²) in [6, 6.07) is 7.87. The van der Waals surface area contributed by atoms with Crippen molar-refractivity contribution in [2.45, 2.75) is 12.3 Å². The van der Waals surface area contributed by atoms with Gasteiger partial charge >= 0.3 is 5.97 Å². The quantitative estimate of drug-likeness (QED) is 0.732. The molecule has 3 nitrogen and oxygen atoms in total. The van der Waals surface area contributed by atoms with Crippen LogP contribution in [-0.2, 0) is 4.79 Å². The van der Waals surface area contributed by atoms with Crippen molar-refractivity contribution in [2.75, 3.05) is 11.9 Å². The van der Waals surface area contributed by atoms with Crippen LogP contribution in [-0.4, -0.2) is 69.0 Å². The third-order valence-corrected chi connectivity index (χ3v) is 2.36. The van der Waals surface area contributed by atoms with Crippen LogP contribution in [0.2, 0.25) is 0 Å². The number of aliphatic carboxylic acids is 1. The monoisotopic (exact) mass is 216 g/mol. The van der Waals surface area contributed by atoms with Gasteiger partial charge < -0.3 is 10.4 Å². The molecule has 1 aromatic carbocycles. The molecule has 0 saturated carbocycles. The number of nitrogens with one attached hydrogen (secondary N) is 1. The minimum absolute atomic E-state index is 0. The van der Waals surface area contributed by atoms with Crippen molar-refractivity contribution in [3.63, 3.8) is 0 Å². The Labute approximate surface area is 125 Å². The van der Waals surface area contributed by atoms with Crippen molar-refractivity contribution in [1.29, 1.82) is 0 Å². The molecule has 2 N–H and O–H groups in total. The van der Waals surface area contributed by atoms with Crippen LogP contribution in [0.3, 0.4) is 0 Å². The smallest absolute Gasteiger partial charge is 0.304 e. The van der Waals surface area contributed by atoms with Crippen LogP contribution in [0.25, 0.3) is 0 Å². The van der Waals surface area contributed by atoms with Crippen LogP contribution in [0, 0.1) is 0 Å². The summed E-state index contributed by atoms with van der Waals surface area (Å²) in [6.45, 7) is 0.742. The number of carboxylic acid groups (broad SMARTS) is 1. The van der Waals surface area contributed by atoms with E-state index in [0.29, 0.717) is 0 Å². The maximum Gasteiger partial charge on any atom is 0.304 e. The van der Waals surface area contributed by atoms with Gasteiger partial charge in [-0.15, -0.1) is 0 Å². The van der Waals surface area contributed by atoms with E-state index in [0.717, 1.165) is 17.8 Å². The number of carbonyl (C=O) groups is 1. The first-order valence-electron chi connectivity index (χ1n) is 4.32. The summed E-state index contributed by atoms with van der Waals surface area (Å²) in [5, 5.41) is 11.9. The minimum atomic E-state index is -0.733. The van der Waals surface area contributed by atoms with E-state index in [2.05, 4.69) is 5.32 Å². The average molecular weight is 216 g/mol. The van der Waals surface area contributed by atoms with Gasteiger partial charge in [-0.05, 0) is 11.6 Å². The van der Waals surface area contributed by atoms with Crippen molar-refractivity contribution in [3.05, 3.63) is 29.8 Å². The Morgan fingerprint density at radius 1 is 1.50 bits per heavy atom. The zero-order valence-corrected chi connectivity index (χ0v) is 11.3. The Bertz CT molecular complexity index is 341. The predicted molar refractivity (Wildman–Crippen MR) is 55.7 cm³/mol. The first-order valence-corrected chi connectivity index (χ1v) is 4.32. The van der Waals surface area contributed by atoms with Gasteiger partial charge in [-0.25, -0.2) is 0 Å². The number of anilines is 1. The summed E-state index contributed by atoms with van der Waals surface area (Å²) in [7, 11) is 0. The topological polar surface area (TPSA) is 49.3 Å². The SMILES string of the molecule is O=C(O)CC1CNc2ccccc21.[K]. The van der Waals surface area contributed by atoms with E-state index in [9.17, 15) is 4.79 Å². The molecule has 1 radical (unpaired) electrons. The van der Waals surface area contributed by atoms with E-state index < -0.39 is 5.97 Å². The Morgan fingerprint density at radius 3 is 2.93 bits per heavy atom. The largest absolute Gasteiger partial charge is 0.481 e. The van der Waals surface area contributed by atoms with Gasteiger partial charge in [0.2, 0.25) is 0 Å². The summed E-state index contributed by atoms with van der Waals surface area (Å²) in [6.07, 6.45) is 0.212. The number of hydrogen-bond acceptors (Lipinski definition) is 2. The van der Waals surface area contributed by atoms with Crippen LogP contribution >= 0.6 is 0 Å². The number of rotatable bonds is 2. The molecule has 1 unspecified atom stereocenters. The molecule has 1 aliphatic rings. The van der Waals surface area contributed by atoms with Gasteiger partial charge in [0.1, 0.15) is 0 Å². The molecule has 0 aromatic heterocycles. The van der Waals surface area contributed by atoms with Crippen LogP contribution in [0.1, 0.15) is 17.9 Å². The van der Waals surface area contributed by atoms with E-state index in [1.54, 1.807) is 0 Å². The van der Waals surface area contributed by atoms with E-state index in [1.165, 1.54) is 0 Å². The normalized spacial score (nSPS) is 17.9. The second-order valence-corrected chi connectivity index (χ2v) is 3.26. The summed E-state index contributed by atoms with van der Waals surface area (Å²) in [4.78, 5) is 10.5. The summed E-state index contributed by atoms with van der Waals surface area (Å²) in [5.74, 6) is -0.600. The number of benzene rings is 1. The van der Waals surface area contributed by atoms with Crippen molar-refractivity contribution in [3.8, 4) is 0 Å². The number of para-hydroxylation sites is 1. The maximum atomic E-state index is 10.5. The molecule has 69 valence electrons. The third kappa shape index (κ3) is 2.58. The van der Waals surface area contributed by atoms with Crippen LogP contribution in [0.4, 0.5) is 5.69 Å². The minimum Gasteiger partial charge on any atom is -0.481 e. The molecule has 0 aliphatic carbocycles. The zero-order chi connectivity index (χ0) is 9.26. The third-order valence-electron chi connectivity index (χ3n) is 2.36. The second kappa shape index (κ2) is 5.28. The maximum absolute atomic E-state index is 10.5. The van der Waals surface area contributed by atoms with Gasteiger partial charge in [0.25, 0.3) is 0 Å². The standard InChI is InChI=1S/C10H11NO2.K/c12-10(13)5-7-6-11-9-4-2-1-3-8(7)9;/h1-4,7,11H,5-6H2,(H,12,13);. The Kier molecular flexibility index (Phi) is 4.60. The van der Waals surface area contributed by atoms with Gasteiger partial charge in [-0.1, -0.05) is 18.2 Å². The fourth-order valence-corrected chi connectivity index (χ4v) is 1.75. The number of carboxylic acids is 1. The van der Waals surface area contributed by atoms with Gasteiger partial charge in [-0.3, -0.25) is 4.79 Å². The summed E-state index contributed by atoms with van der Waals surface area (Å²) < 4.78 is 0. The van der Waals surface area contributed by atoms with E-state index >= 15 is 0 Å². The zero-order valence-electron chi connectivity index (χ0n) is 8.16. The Hall–Kier alpha value is 0.126. The van der Waals surface area contributed by atoms with E-state index in [-0.39, 0.29) is 63.7 Å². The Balaban J connectivity index is 0.000000980. The summed E-state index contributed by atoms with van der Waals surface area (Å²) >= 11 is 0. The van der Waals surface area contributed by atoms with Crippen molar-refractivity contribution >= 4 is 63.0 Å². The fraction of sp³-hybridized carbons (Fsp3) is 0.300. The van der Waals surface area contributed by atoms with Gasteiger partial charge in [0.05, 0.1) is 6.42 Å². The molecule has 0 amide bonds. The first-order chi connectivity index (χ1) is 6.27. The molecule has 0 fully saturated rings. The van der Waals surface area contributed by atoms with Crippen LogP contribution in [0.5, 0.6) is 0 Å². The molecule has 4 heteroatoms. The molecule has 0 saturated heterocycles. The molecule has 1 aliphatic heterocycles. The predicted octanol–water partition coefficient (Wildman–Crippen LogP) is 1.29. The van der Waals surface area contributed by atoms with E-state index in [4.69, 9.17) is 5.11 Å². The van der Waals surface area contributed by atoms with Crippen LogP contribution in [0.15, 0.2) is 24.3 Å². The molecular weight excluding hydrogens is 205 g/mol. The molecule has 0 bridgehead atoms. The number of fused-ring (bicyclic) bond motifs is 1. The van der Waals surface area contributed by atoms with Gasteiger partial charge in [-0.2, -0.15) is 0 Å². The van der Waals surface area contributed by atoms with Crippen molar-refractivity contribution in [1.82, 2.24) is 0 Å². The van der Waals surface area contributed by atoms with Crippen molar-refractivity contribution in [2.24, 2.45) is 0 Å². The van der Waals surface area contributed by atoms with Gasteiger partial charge in [0.15, 0.2) is 0 Å². The van der Waals surface area contributed by atoms with E-state index in [1.807, 2.05) is 24.3 Å². The second-order valence-electron chi connectivity index (χ2n) is 3.26. The average Bonchev–Trinajstić information content (AvgIpc) is 2.48. The van der Waals surface area contributed by atoms with Gasteiger partial charge in [0, 0.05) is 69.5 Å². The molecule has 1 atom stereocenters. The number of hydrogen-bond donors (Lipinski definition) is 2. The van der Waals surface area contributed by atoms with Crippen molar-refractivity contribution < 1.29 is 9.90 Å². The first kappa shape index (κ1) is 12.2. The molecular formula is C10H11KNO2. The molecule has 0 spiro atoms. The molecule has 2 rings (SSSR count). The molecule has 1 heterocycles.